The molecule has 5 nitrogen and oxygen atoms in total. The Labute approximate surface area is 210 Å². The summed E-state index contributed by atoms with van der Waals surface area (Å²) in [6.45, 7) is 2.08. The first-order chi connectivity index (χ1) is 17.6. The number of rotatable bonds is 7. The molecular formula is C31H25N3O2. The van der Waals surface area contributed by atoms with Crippen LogP contribution in [0.25, 0.3) is 33.4 Å². The van der Waals surface area contributed by atoms with Crippen molar-refractivity contribution in [3.8, 4) is 34.3 Å². The van der Waals surface area contributed by atoms with Crippen LogP contribution >= 0.6 is 0 Å². The summed E-state index contributed by atoms with van der Waals surface area (Å²) in [7, 11) is 0. The molecule has 0 bridgehead atoms. The summed E-state index contributed by atoms with van der Waals surface area (Å²) < 4.78 is 5.58. The quantitative estimate of drug-likeness (QED) is 0.205. The molecule has 0 aliphatic rings. The largest absolute Gasteiger partial charge is 0.427 e. The number of nitrogens with one attached hydrogen (secondary N) is 1. The van der Waals surface area contributed by atoms with Gasteiger partial charge in [0.15, 0.2) is 0 Å². The molecule has 0 aliphatic carbocycles. The summed E-state index contributed by atoms with van der Waals surface area (Å²) in [6.07, 6.45) is 3.52. The fraction of sp³-hybridized carbons (Fsp3) is 0.129. The van der Waals surface area contributed by atoms with Crippen LogP contribution in [0.1, 0.15) is 29.5 Å². The minimum absolute atomic E-state index is 0.253. The van der Waals surface area contributed by atoms with Gasteiger partial charge in [-0.05, 0) is 85.0 Å². The number of aromatic amines is 1. The van der Waals surface area contributed by atoms with Crippen molar-refractivity contribution in [2.45, 2.75) is 26.2 Å². The molecule has 36 heavy (non-hydrogen) atoms. The van der Waals surface area contributed by atoms with Gasteiger partial charge in [-0.3, -0.25) is 9.78 Å². The van der Waals surface area contributed by atoms with Gasteiger partial charge in [-0.1, -0.05) is 42.0 Å². The van der Waals surface area contributed by atoms with Gasteiger partial charge in [0.1, 0.15) is 5.75 Å². The summed E-state index contributed by atoms with van der Waals surface area (Å²) >= 11 is 0. The summed E-state index contributed by atoms with van der Waals surface area (Å²) in [4.78, 5) is 20.6. The van der Waals surface area contributed by atoms with Gasteiger partial charge in [-0.15, -0.1) is 0 Å². The van der Waals surface area contributed by atoms with Crippen molar-refractivity contribution in [3.63, 3.8) is 0 Å². The number of carbonyl (C=O) groups is 1. The highest BCUT2D eigenvalue weighted by Crippen LogP contribution is 2.31. The van der Waals surface area contributed by atoms with Crippen molar-refractivity contribution < 1.29 is 9.53 Å². The number of pyridine rings is 1. The van der Waals surface area contributed by atoms with E-state index < -0.39 is 0 Å². The number of ether oxygens (including phenoxy) is 1. The highest BCUT2D eigenvalue weighted by molar-refractivity contribution is 5.90. The van der Waals surface area contributed by atoms with E-state index in [-0.39, 0.29) is 5.97 Å². The van der Waals surface area contributed by atoms with E-state index in [9.17, 15) is 4.79 Å². The first kappa shape index (κ1) is 23.1. The maximum absolute atomic E-state index is 12.6. The van der Waals surface area contributed by atoms with Crippen LogP contribution in [-0.4, -0.2) is 15.9 Å². The molecule has 2 heterocycles. The maximum atomic E-state index is 12.6. The lowest BCUT2D eigenvalue weighted by Crippen LogP contribution is -2.08. The third-order valence-electron chi connectivity index (χ3n) is 6.22. The zero-order valence-electron chi connectivity index (χ0n) is 20.0. The molecule has 0 amide bonds. The topological polar surface area (TPSA) is 78.8 Å². The highest BCUT2D eigenvalue weighted by Gasteiger charge is 2.15. The van der Waals surface area contributed by atoms with Crippen molar-refractivity contribution in [3.05, 3.63) is 108 Å². The van der Waals surface area contributed by atoms with E-state index >= 15 is 0 Å². The van der Waals surface area contributed by atoms with Crippen LogP contribution in [0.2, 0.25) is 0 Å². The predicted octanol–water partition coefficient (Wildman–Crippen LogP) is 7.01. The van der Waals surface area contributed by atoms with Crippen molar-refractivity contribution in [2.75, 3.05) is 0 Å². The van der Waals surface area contributed by atoms with Crippen LogP contribution in [0, 0.1) is 18.3 Å². The zero-order chi connectivity index (χ0) is 24.9. The van der Waals surface area contributed by atoms with E-state index in [1.807, 2.05) is 42.5 Å². The highest BCUT2D eigenvalue weighted by atomic mass is 16.5. The summed E-state index contributed by atoms with van der Waals surface area (Å²) in [5, 5.41) is 10.1. The van der Waals surface area contributed by atoms with E-state index in [2.05, 4.69) is 41.2 Å². The number of carbonyl (C=O) groups excluding carboxylic acids is 1. The van der Waals surface area contributed by atoms with Crippen LogP contribution in [0.15, 0.2) is 91.1 Å². The minimum Gasteiger partial charge on any atom is -0.427 e. The maximum Gasteiger partial charge on any atom is 0.311 e. The van der Waals surface area contributed by atoms with Crippen molar-refractivity contribution in [2.24, 2.45) is 0 Å². The second-order valence-corrected chi connectivity index (χ2v) is 8.78. The number of hydrogen-bond donors (Lipinski definition) is 1. The number of esters is 1. The molecule has 0 unspecified atom stereocenters. The number of hydrogen-bond acceptors (Lipinski definition) is 4. The number of H-pyrrole nitrogens is 1. The molecule has 0 atom stereocenters. The van der Waals surface area contributed by atoms with E-state index in [1.54, 1.807) is 30.5 Å². The summed E-state index contributed by atoms with van der Waals surface area (Å²) in [5.41, 5.74) is 7.96. The first-order valence-electron chi connectivity index (χ1n) is 11.9. The Balaban J connectivity index is 1.24. The Morgan fingerprint density at radius 3 is 2.42 bits per heavy atom. The van der Waals surface area contributed by atoms with Gasteiger partial charge in [-0.25, -0.2) is 0 Å². The first-order valence-corrected chi connectivity index (χ1v) is 11.9. The molecule has 1 N–H and O–H groups in total. The molecule has 0 saturated carbocycles. The number of aromatic nitrogens is 2. The summed E-state index contributed by atoms with van der Waals surface area (Å²) in [6, 6.07) is 29.2. The average molecular weight is 472 g/mol. The molecule has 0 spiro atoms. The smallest absolute Gasteiger partial charge is 0.311 e. The molecule has 0 radical (unpaired) electrons. The Morgan fingerprint density at radius 1 is 0.972 bits per heavy atom. The van der Waals surface area contributed by atoms with Gasteiger partial charge in [0.05, 0.1) is 23.0 Å². The monoisotopic (exact) mass is 471 g/mol. The lowest BCUT2D eigenvalue weighted by molar-refractivity contribution is -0.134. The molecule has 5 heteroatoms. The SMILES string of the molecule is Cc1ccc2[nH]c(-c3ccccn3)c(CCCC(=O)Oc3ccc(-c4ccc(C#N)cc4)cc3)c2c1. The fourth-order valence-corrected chi connectivity index (χ4v) is 4.40. The van der Waals surface area contributed by atoms with E-state index in [4.69, 9.17) is 10.00 Å². The third-order valence-corrected chi connectivity index (χ3v) is 6.22. The van der Waals surface area contributed by atoms with Crippen LogP contribution in [0.3, 0.4) is 0 Å². The summed E-state index contributed by atoms with van der Waals surface area (Å²) in [5.74, 6) is 0.269. The van der Waals surface area contributed by atoms with Crippen molar-refractivity contribution in [1.82, 2.24) is 9.97 Å². The third kappa shape index (κ3) is 5.03. The number of nitrogens with zero attached hydrogens (tertiary/aromatic N) is 2. The predicted molar refractivity (Wildman–Crippen MR) is 141 cm³/mol. The normalized spacial score (nSPS) is 10.8. The molecule has 0 fully saturated rings. The number of aryl methyl sites for hydroxylation is 2. The van der Waals surface area contributed by atoms with Gasteiger partial charge in [0.25, 0.3) is 0 Å². The van der Waals surface area contributed by atoms with E-state index in [0.717, 1.165) is 34.5 Å². The van der Waals surface area contributed by atoms with Crippen LogP contribution < -0.4 is 4.74 Å². The molecule has 5 aromatic rings. The molecule has 176 valence electrons. The molecule has 3 aromatic carbocycles. The number of fused-ring (bicyclic) bond motifs is 1. The molecule has 0 aliphatic heterocycles. The van der Waals surface area contributed by atoms with E-state index in [1.165, 1.54) is 16.5 Å². The Kier molecular flexibility index (Phi) is 6.59. The Bertz CT molecular complexity index is 1540. The van der Waals surface area contributed by atoms with Gasteiger partial charge in [0, 0.05) is 23.5 Å². The van der Waals surface area contributed by atoms with Gasteiger partial charge < -0.3 is 9.72 Å². The number of nitriles is 1. The lowest BCUT2D eigenvalue weighted by atomic mass is 10.0. The van der Waals surface area contributed by atoms with Crippen LogP contribution in [0.4, 0.5) is 0 Å². The Hall–Kier alpha value is -4.69. The van der Waals surface area contributed by atoms with Gasteiger partial charge in [0.2, 0.25) is 0 Å². The zero-order valence-corrected chi connectivity index (χ0v) is 20.0. The van der Waals surface area contributed by atoms with Crippen molar-refractivity contribution in [1.29, 1.82) is 5.26 Å². The second-order valence-electron chi connectivity index (χ2n) is 8.78. The van der Waals surface area contributed by atoms with Gasteiger partial charge >= 0.3 is 5.97 Å². The van der Waals surface area contributed by atoms with Crippen LogP contribution in [0.5, 0.6) is 5.75 Å². The second kappa shape index (κ2) is 10.3. The molecular weight excluding hydrogens is 446 g/mol. The van der Waals surface area contributed by atoms with E-state index in [0.29, 0.717) is 24.2 Å². The van der Waals surface area contributed by atoms with Gasteiger partial charge in [-0.2, -0.15) is 5.26 Å². The molecule has 5 rings (SSSR count). The molecule has 2 aromatic heterocycles. The Morgan fingerprint density at radius 2 is 1.72 bits per heavy atom. The molecule has 0 saturated heterocycles. The standard InChI is InChI=1S/C31H25N3O2/c1-21-8-17-28-27(19-21)26(31(34-28)29-6-2-3-18-33-29)5-4-7-30(35)36-25-15-13-24(14-16-25)23-11-9-22(20-32)10-12-23/h2-3,6,8-19,34H,4-5,7H2,1H3. The van der Waals surface area contributed by atoms with Crippen molar-refractivity contribution >= 4 is 16.9 Å². The van der Waals surface area contributed by atoms with Crippen LogP contribution in [-0.2, 0) is 11.2 Å². The lowest BCUT2D eigenvalue weighted by Gasteiger charge is -2.07. The minimum atomic E-state index is -0.253. The number of benzene rings is 3. The average Bonchev–Trinajstić information content (AvgIpc) is 3.27. The fourth-order valence-electron chi connectivity index (χ4n) is 4.40.